The number of nitrogens with zero attached hydrogens (tertiary/aromatic N) is 3. The van der Waals surface area contributed by atoms with Crippen LogP contribution in [-0.2, 0) is 16.1 Å². The van der Waals surface area contributed by atoms with Crippen molar-refractivity contribution in [1.82, 2.24) is 4.98 Å². The third-order valence-corrected chi connectivity index (χ3v) is 2.79. The van der Waals surface area contributed by atoms with Crippen molar-refractivity contribution in [3.05, 3.63) is 53.3 Å². The van der Waals surface area contributed by atoms with Gasteiger partial charge in [0.25, 0.3) is 0 Å². The first kappa shape index (κ1) is 14.1. The summed E-state index contributed by atoms with van der Waals surface area (Å²) < 4.78 is 4.96. The molecule has 0 unspecified atom stereocenters. The Morgan fingerprint density at radius 3 is 2.85 bits per heavy atom. The molecule has 1 heterocycles. The molecule has 0 aliphatic rings. The van der Waals surface area contributed by atoms with E-state index in [9.17, 15) is 4.79 Å². The summed E-state index contributed by atoms with van der Waals surface area (Å²) in [5.41, 5.74) is 1.81. The van der Waals surface area contributed by atoms with Crippen molar-refractivity contribution in [1.29, 1.82) is 0 Å². The maximum absolute atomic E-state index is 10.9. The van der Waals surface area contributed by atoms with Crippen LogP contribution in [0.1, 0.15) is 12.5 Å². The Morgan fingerprint density at radius 1 is 1.30 bits per heavy atom. The number of rotatable bonds is 4. The van der Waals surface area contributed by atoms with Gasteiger partial charge < -0.3 is 4.74 Å². The summed E-state index contributed by atoms with van der Waals surface area (Å²) >= 11 is 6.09. The molecule has 5 nitrogen and oxygen atoms in total. The Kier molecular flexibility index (Phi) is 4.79. The minimum absolute atomic E-state index is 0.0659. The quantitative estimate of drug-likeness (QED) is 0.625. The lowest BCUT2D eigenvalue weighted by atomic mass is 10.2. The molecule has 0 N–H and O–H groups in total. The molecular formula is C14H12ClN3O2. The summed E-state index contributed by atoms with van der Waals surface area (Å²) in [6.45, 7) is 1.41. The molecule has 0 amide bonds. The van der Waals surface area contributed by atoms with Gasteiger partial charge in [-0.3, -0.25) is 9.78 Å². The van der Waals surface area contributed by atoms with Crippen molar-refractivity contribution < 1.29 is 9.53 Å². The largest absolute Gasteiger partial charge is 0.461 e. The van der Waals surface area contributed by atoms with Gasteiger partial charge in [-0.25, -0.2) is 0 Å². The van der Waals surface area contributed by atoms with E-state index in [1.165, 1.54) is 6.92 Å². The number of pyridine rings is 1. The van der Waals surface area contributed by atoms with Crippen LogP contribution in [0.2, 0.25) is 5.02 Å². The Bertz CT molecular complexity index is 630. The van der Waals surface area contributed by atoms with E-state index in [1.807, 2.05) is 0 Å². The van der Waals surface area contributed by atoms with Crippen molar-refractivity contribution in [2.24, 2.45) is 10.2 Å². The first-order valence-corrected chi connectivity index (χ1v) is 6.27. The summed E-state index contributed by atoms with van der Waals surface area (Å²) in [5, 5.41) is 8.67. The lowest BCUT2D eigenvalue weighted by Crippen LogP contribution is -1.99. The van der Waals surface area contributed by atoms with E-state index >= 15 is 0 Å². The molecule has 0 aliphatic carbocycles. The molecule has 0 radical (unpaired) electrons. The van der Waals surface area contributed by atoms with Crippen molar-refractivity contribution in [3.8, 4) is 0 Å². The SMILES string of the molecule is CC(=O)OCc1c(Cl)cccc1N=Nc1cccnc1. The predicted octanol–water partition coefficient (Wildman–Crippen LogP) is 4.21. The van der Waals surface area contributed by atoms with E-state index in [2.05, 4.69) is 15.2 Å². The standard InChI is InChI=1S/C14H12ClN3O2/c1-10(19)20-9-12-13(15)5-2-6-14(12)18-17-11-4-3-7-16-8-11/h2-8H,9H2,1H3. The van der Waals surface area contributed by atoms with Crippen molar-refractivity contribution in [3.63, 3.8) is 0 Å². The minimum Gasteiger partial charge on any atom is -0.461 e. The van der Waals surface area contributed by atoms with E-state index in [1.54, 1.807) is 42.7 Å². The Hall–Kier alpha value is -2.27. The summed E-state index contributed by atoms with van der Waals surface area (Å²) in [6.07, 6.45) is 3.25. The normalized spacial score (nSPS) is 10.7. The Morgan fingerprint density at radius 2 is 2.15 bits per heavy atom. The molecular weight excluding hydrogens is 278 g/mol. The highest BCUT2D eigenvalue weighted by atomic mass is 35.5. The molecule has 0 saturated carbocycles. The second kappa shape index (κ2) is 6.77. The van der Waals surface area contributed by atoms with Gasteiger partial charge in [-0.2, -0.15) is 5.11 Å². The number of esters is 1. The molecule has 0 fully saturated rings. The van der Waals surface area contributed by atoms with E-state index in [4.69, 9.17) is 16.3 Å². The van der Waals surface area contributed by atoms with Gasteiger partial charge in [0.05, 0.1) is 11.9 Å². The van der Waals surface area contributed by atoms with Gasteiger partial charge >= 0.3 is 5.97 Å². The zero-order valence-electron chi connectivity index (χ0n) is 10.8. The average Bonchev–Trinajstić information content (AvgIpc) is 2.45. The number of carbonyl (C=O) groups excluding carboxylic acids is 1. The highest BCUT2D eigenvalue weighted by molar-refractivity contribution is 6.31. The lowest BCUT2D eigenvalue weighted by Gasteiger charge is -2.07. The van der Waals surface area contributed by atoms with Gasteiger partial charge in [-0.15, -0.1) is 5.11 Å². The minimum atomic E-state index is -0.375. The number of benzene rings is 1. The number of hydrogen-bond donors (Lipinski definition) is 0. The van der Waals surface area contributed by atoms with E-state index in [0.717, 1.165) is 0 Å². The van der Waals surface area contributed by atoms with Crippen LogP contribution in [0.25, 0.3) is 0 Å². The summed E-state index contributed by atoms with van der Waals surface area (Å²) in [5.74, 6) is -0.375. The van der Waals surface area contributed by atoms with Gasteiger partial charge in [0.2, 0.25) is 0 Å². The van der Waals surface area contributed by atoms with Crippen LogP contribution in [0.4, 0.5) is 11.4 Å². The maximum atomic E-state index is 10.9. The maximum Gasteiger partial charge on any atom is 0.302 e. The molecule has 2 aromatic rings. The topological polar surface area (TPSA) is 63.9 Å². The molecule has 0 spiro atoms. The second-order valence-electron chi connectivity index (χ2n) is 3.93. The molecule has 0 saturated heterocycles. The average molecular weight is 290 g/mol. The monoisotopic (exact) mass is 289 g/mol. The fraction of sp³-hybridized carbons (Fsp3) is 0.143. The molecule has 1 aromatic carbocycles. The molecule has 1 aromatic heterocycles. The van der Waals surface area contributed by atoms with Crippen LogP contribution in [-0.4, -0.2) is 11.0 Å². The van der Waals surface area contributed by atoms with Crippen LogP contribution in [0.15, 0.2) is 53.0 Å². The van der Waals surface area contributed by atoms with Crippen molar-refractivity contribution in [2.75, 3.05) is 0 Å². The highest BCUT2D eigenvalue weighted by Gasteiger charge is 2.08. The van der Waals surface area contributed by atoms with Gasteiger partial charge in [-0.05, 0) is 24.3 Å². The van der Waals surface area contributed by atoms with Crippen LogP contribution in [0.5, 0.6) is 0 Å². The van der Waals surface area contributed by atoms with Gasteiger partial charge in [0.15, 0.2) is 0 Å². The zero-order chi connectivity index (χ0) is 14.4. The molecule has 102 valence electrons. The zero-order valence-corrected chi connectivity index (χ0v) is 11.5. The number of halogens is 1. The smallest absolute Gasteiger partial charge is 0.302 e. The summed E-state index contributed by atoms with van der Waals surface area (Å²) in [7, 11) is 0. The number of carbonyl (C=O) groups is 1. The van der Waals surface area contributed by atoms with Gasteiger partial charge in [-0.1, -0.05) is 17.7 Å². The number of aromatic nitrogens is 1. The predicted molar refractivity (Wildman–Crippen MR) is 75.3 cm³/mol. The van der Waals surface area contributed by atoms with Crippen molar-refractivity contribution >= 4 is 28.9 Å². The van der Waals surface area contributed by atoms with Crippen molar-refractivity contribution in [2.45, 2.75) is 13.5 Å². The third-order valence-electron chi connectivity index (χ3n) is 2.43. The van der Waals surface area contributed by atoms with Gasteiger partial charge in [0.1, 0.15) is 12.3 Å². The molecule has 0 aliphatic heterocycles. The van der Waals surface area contributed by atoms with E-state index in [0.29, 0.717) is 22.0 Å². The van der Waals surface area contributed by atoms with Crippen LogP contribution >= 0.6 is 11.6 Å². The molecule has 2 rings (SSSR count). The van der Waals surface area contributed by atoms with E-state index in [-0.39, 0.29) is 12.6 Å². The third kappa shape index (κ3) is 3.86. The van der Waals surface area contributed by atoms with Crippen LogP contribution in [0.3, 0.4) is 0 Å². The highest BCUT2D eigenvalue weighted by Crippen LogP contribution is 2.29. The number of azo groups is 1. The molecule has 20 heavy (non-hydrogen) atoms. The summed E-state index contributed by atoms with van der Waals surface area (Å²) in [4.78, 5) is 14.8. The fourth-order valence-electron chi connectivity index (χ4n) is 1.48. The summed E-state index contributed by atoms with van der Waals surface area (Å²) in [6, 6.07) is 8.78. The first-order chi connectivity index (χ1) is 9.66. The lowest BCUT2D eigenvalue weighted by molar-refractivity contribution is -0.142. The second-order valence-corrected chi connectivity index (χ2v) is 4.34. The molecule has 6 heteroatoms. The molecule has 0 bridgehead atoms. The molecule has 0 atom stereocenters. The number of hydrogen-bond acceptors (Lipinski definition) is 5. The van der Waals surface area contributed by atoms with E-state index < -0.39 is 0 Å². The van der Waals surface area contributed by atoms with Crippen LogP contribution < -0.4 is 0 Å². The first-order valence-electron chi connectivity index (χ1n) is 5.89. The Balaban J connectivity index is 2.25. The number of ether oxygens (including phenoxy) is 1. The van der Waals surface area contributed by atoms with Crippen LogP contribution in [0, 0.1) is 0 Å². The fourth-order valence-corrected chi connectivity index (χ4v) is 1.71. The Labute approximate surface area is 121 Å². The van der Waals surface area contributed by atoms with Gasteiger partial charge in [0, 0.05) is 23.7 Å².